The van der Waals surface area contributed by atoms with Gasteiger partial charge in [0.2, 0.25) is 0 Å². The van der Waals surface area contributed by atoms with Crippen molar-refractivity contribution in [1.29, 1.82) is 5.26 Å². The zero-order valence-electron chi connectivity index (χ0n) is 13.7. The van der Waals surface area contributed by atoms with Crippen LogP contribution in [0.15, 0.2) is 48.5 Å². The maximum absolute atomic E-state index is 12.3. The first-order chi connectivity index (χ1) is 11.8. The Morgan fingerprint density at radius 3 is 2.29 bits per heavy atom. The van der Waals surface area contributed by atoms with Crippen molar-refractivity contribution in [2.45, 2.75) is 25.7 Å². The van der Waals surface area contributed by atoms with Gasteiger partial charge < -0.3 is 10.2 Å². The van der Waals surface area contributed by atoms with Crippen LogP contribution >= 0.6 is 0 Å². The van der Waals surface area contributed by atoms with E-state index in [1.54, 1.807) is 12.1 Å². The van der Waals surface area contributed by atoms with Crippen LogP contribution in [0.25, 0.3) is 0 Å². The minimum atomic E-state index is -0.135. The fourth-order valence-corrected chi connectivity index (χ4v) is 2.98. The fraction of sp³-hybridized carbons (Fsp3) is 0.300. The van der Waals surface area contributed by atoms with E-state index in [9.17, 15) is 4.79 Å². The lowest BCUT2D eigenvalue weighted by molar-refractivity contribution is 0.102. The molecule has 4 nitrogen and oxygen atoms in total. The molecule has 2 aromatic carbocycles. The molecule has 0 spiro atoms. The monoisotopic (exact) mass is 319 g/mol. The van der Waals surface area contributed by atoms with Crippen molar-refractivity contribution in [3.05, 3.63) is 59.7 Å². The molecule has 0 aromatic heterocycles. The largest absolute Gasteiger partial charge is 0.372 e. The van der Waals surface area contributed by atoms with E-state index in [-0.39, 0.29) is 5.91 Å². The minimum absolute atomic E-state index is 0.135. The van der Waals surface area contributed by atoms with Crippen LogP contribution in [0.2, 0.25) is 0 Å². The summed E-state index contributed by atoms with van der Waals surface area (Å²) in [5, 5.41) is 11.6. The number of amides is 1. The number of nitriles is 1. The zero-order chi connectivity index (χ0) is 16.8. The lowest BCUT2D eigenvalue weighted by Crippen LogP contribution is -2.29. The maximum Gasteiger partial charge on any atom is 0.255 e. The first kappa shape index (κ1) is 16.1. The number of nitrogens with one attached hydrogen (secondary N) is 1. The van der Waals surface area contributed by atoms with Crippen molar-refractivity contribution in [3.8, 4) is 6.07 Å². The number of anilines is 2. The van der Waals surface area contributed by atoms with Gasteiger partial charge in [-0.1, -0.05) is 12.1 Å². The molecule has 24 heavy (non-hydrogen) atoms. The molecule has 122 valence electrons. The molecule has 0 saturated carbocycles. The molecule has 2 aromatic rings. The van der Waals surface area contributed by atoms with Crippen LogP contribution in [0.4, 0.5) is 11.4 Å². The highest BCUT2D eigenvalue weighted by atomic mass is 16.1. The number of piperidine rings is 1. The number of hydrogen-bond donors (Lipinski definition) is 1. The normalized spacial score (nSPS) is 14.0. The van der Waals surface area contributed by atoms with Crippen LogP contribution in [-0.4, -0.2) is 19.0 Å². The van der Waals surface area contributed by atoms with Gasteiger partial charge in [0.1, 0.15) is 0 Å². The van der Waals surface area contributed by atoms with Crippen LogP contribution in [0.1, 0.15) is 35.2 Å². The van der Waals surface area contributed by atoms with Gasteiger partial charge in [0.15, 0.2) is 0 Å². The smallest absolute Gasteiger partial charge is 0.255 e. The predicted molar refractivity (Wildman–Crippen MR) is 96.2 cm³/mol. The topological polar surface area (TPSA) is 56.1 Å². The van der Waals surface area contributed by atoms with Crippen molar-refractivity contribution < 1.29 is 4.79 Å². The van der Waals surface area contributed by atoms with E-state index < -0.39 is 0 Å². The third-order valence-electron chi connectivity index (χ3n) is 4.35. The van der Waals surface area contributed by atoms with Crippen molar-refractivity contribution in [1.82, 2.24) is 0 Å². The molecule has 1 saturated heterocycles. The third-order valence-corrected chi connectivity index (χ3v) is 4.35. The quantitative estimate of drug-likeness (QED) is 0.927. The molecule has 0 unspecified atom stereocenters. The molecule has 1 aliphatic heterocycles. The summed E-state index contributed by atoms with van der Waals surface area (Å²) >= 11 is 0. The molecule has 1 amide bonds. The Morgan fingerprint density at radius 2 is 1.67 bits per heavy atom. The van der Waals surface area contributed by atoms with Gasteiger partial charge in [0.25, 0.3) is 5.91 Å². The van der Waals surface area contributed by atoms with Crippen LogP contribution in [0, 0.1) is 11.3 Å². The van der Waals surface area contributed by atoms with Crippen molar-refractivity contribution in [2.75, 3.05) is 23.3 Å². The van der Waals surface area contributed by atoms with E-state index in [1.165, 1.54) is 24.9 Å². The van der Waals surface area contributed by atoms with Crippen molar-refractivity contribution in [2.24, 2.45) is 0 Å². The SMILES string of the molecule is N#CCc1ccc(C(=O)Nc2ccc(N3CCCCC3)cc2)cc1. The van der Waals surface area contributed by atoms with Gasteiger partial charge in [0, 0.05) is 30.0 Å². The summed E-state index contributed by atoms with van der Waals surface area (Å²) in [5.74, 6) is -0.135. The van der Waals surface area contributed by atoms with E-state index >= 15 is 0 Å². The molecular weight excluding hydrogens is 298 g/mol. The highest BCUT2D eigenvalue weighted by Gasteiger charge is 2.11. The number of carbonyl (C=O) groups is 1. The molecule has 1 heterocycles. The molecular formula is C20H21N3O. The molecule has 0 aliphatic carbocycles. The molecule has 0 bridgehead atoms. The Labute approximate surface area is 142 Å². The van der Waals surface area contributed by atoms with Gasteiger partial charge in [0.05, 0.1) is 12.5 Å². The number of hydrogen-bond acceptors (Lipinski definition) is 3. The Kier molecular flexibility index (Phi) is 5.12. The summed E-state index contributed by atoms with van der Waals surface area (Å²) in [4.78, 5) is 14.7. The lowest BCUT2D eigenvalue weighted by Gasteiger charge is -2.28. The van der Waals surface area contributed by atoms with Crippen molar-refractivity contribution >= 4 is 17.3 Å². The van der Waals surface area contributed by atoms with Crippen LogP contribution < -0.4 is 10.2 Å². The van der Waals surface area contributed by atoms with E-state index in [4.69, 9.17) is 5.26 Å². The Hall–Kier alpha value is -2.80. The fourth-order valence-electron chi connectivity index (χ4n) is 2.98. The maximum atomic E-state index is 12.3. The van der Waals surface area contributed by atoms with Gasteiger partial charge in [-0.2, -0.15) is 5.26 Å². The standard InChI is InChI=1S/C20H21N3O/c21-13-12-16-4-6-17(7-5-16)20(24)22-18-8-10-19(11-9-18)23-14-2-1-3-15-23/h4-11H,1-3,12,14-15H2,(H,22,24). The van der Waals surface area contributed by atoms with Gasteiger partial charge in [-0.15, -0.1) is 0 Å². The summed E-state index contributed by atoms with van der Waals surface area (Å²) in [6.45, 7) is 2.22. The summed E-state index contributed by atoms with van der Waals surface area (Å²) in [5.41, 5.74) is 3.52. The Balaban J connectivity index is 1.62. The van der Waals surface area contributed by atoms with Gasteiger partial charge in [-0.3, -0.25) is 4.79 Å². The second-order valence-corrected chi connectivity index (χ2v) is 6.08. The van der Waals surface area contributed by atoms with Gasteiger partial charge in [-0.25, -0.2) is 0 Å². The summed E-state index contributed by atoms with van der Waals surface area (Å²) in [6.07, 6.45) is 4.18. The van der Waals surface area contributed by atoms with Gasteiger partial charge >= 0.3 is 0 Å². The van der Waals surface area contributed by atoms with Crippen LogP contribution in [0.3, 0.4) is 0 Å². The summed E-state index contributed by atoms with van der Waals surface area (Å²) in [6, 6.07) is 17.3. The van der Waals surface area contributed by atoms with Gasteiger partial charge in [-0.05, 0) is 61.2 Å². The van der Waals surface area contributed by atoms with E-state index in [1.807, 2.05) is 24.3 Å². The molecule has 1 N–H and O–H groups in total. The average molecular weight is 319 g/mol. The minimum Gasteiger partial charge on any atom is -0.372 e. The Morgan fingerprint density at radius 1 is 1.00 bits per heavy atom. The zero-order valence-corrected chi connectivity index (χ0v) is 13.7. The number of nitrogens with zero attached hydrogens (tertiary/aromatic N) is 2. The number of carbonyl (C=O) groups excluding carboxylic acids is 1. The lowest BCUT2D eigenvalue weighted by atomic mass is 10.1. The average Bonchev–Trinajstić information content (AvgIpc) is 2.64. The van der Waals surface area contributed by atoms with Crippen LogP contribution in [-0.2, 0) is 6.42 Å². The first-order valence-corrected chi connectivity index (χ1v) is 8.38. The molecule has 1 fully saturated rings. The highest BCUT2D eigenvalue weighted by molar-refractivity contribution is 6.04. The van der Waals surface area contributed by atoms with E-state index in [2.05, 4.69) is 28.4 Å². The molecule has 0 atom stereocenters. The first-order valence-electron chi connectivity index (χ1n) is 8.38. The molecule has 0 radical (unpaired) electrons. The molecule has 1 aliphatic rings. The highest BCUT2D eigenvalue weighted by Crippen LogP contribution is 2.22. The predicted octanol–water partition coefficient (Wildman–Crippen LogP) is 4.00. The second-order valence-electron chi connectivity index (χ2n) is 6.08. The molecule has 4 heteroatoms. The van der Waals surface area contributed by atoms with Crippen molar-refractivity contribution in [3.63, 3.8) is 0 Å². The van der Waals surface area contributed by atoms with E-state index in [0.717, 1.165) is 24.3 Å². The Bertz CT molecular complexity index is 723. The number of benzene rings is 2. The third kappa shape index (κ3) is 3.94. The van der Waals surface area contributed by atoms with Crippen LogP contribution in [0.5, 0.6) is 0 Å². The summed E-state index contributed by atoms with van der Waals surface area (Å²) < 4.78 is 0. The second kappa shape index (κ2) is 7.65. The number of rotatable bonds is 4. The molecule has 3 rings (SSSR count). The summed E-state index contributed by atoms with van der Waals surface area (Å²) in [7, 11) is 0. The van der Waals surface area contributed by atoms with E-state index in [0.29, 0.717) is 12.0 Å².